The molecule has 158 valence electrons. The van der Waals surface area contributed by atoms with Crippen LogP contribution >= 0.6 is 0 Å². The van der Waals surface area contributed by atoms with Crippen LogP contribution in [0.2, 0.25) is 0 Å². The molecular formula is C23H29N5O2. The number of aromatic nitrogens is 3. The second-order valence-electron chi connectivity index (χ2n) is 8.12. The Kier molecular flexibility index (Phi) is 5.99. The maximum absolute atomic E-state index is 13.2. The molecule has 0 spiro atoms. The van der Waals surface area contributed by atoms with Crippen LogP contribution in [0.3, 0.4) is 0 Å². The molecule has 1 atom stereocenters. The minimum Gasteiger partial charge on any atom is -0.353 e. The van der Waals surface area contributed by atoms with Crippen molar-refractivity contribution in [2.75, 3.05) is 19.6 Å². The highest BCUT2D eigenvalue weighted by molar-refractivity contribution is 5.80. The maximum Gasteiger partial charge on any atom is 0.335 e. The van der Waals surface area contributed by atoms with Gasteiger partial charge in [-0.3, -0.25) is 14.3 Å². The number of fused-ring (bicyclic) bond motifs is 1. The van der Waals surface area contributed by atoms with Gasteiger partial charge in [0.25, 0.3) is 0 Å². The number of nitrogens with zero attached hydrogens (tertiary/aromatic N) is 4. The van der Waals surface area contributed by atoms with Crippen LogP contribution in [0, 0.1) is 6.92 Å². The van der Waals surface area contributed by atoms with Gasteiger partial charge in [-0.1, -0.05) is 24.1 Å². The molecule has 1 N–H and O–H groups in total. The van der Waals surface area contributed by atoms with Gasteiger partial charge in [0, 0.05) is 25.3 Å². The molecule has 0 saturated carbocycles. The molecule has 4 rings (SSSR count). The van der Waals surface area contributed by atoms with Crippen LogP contribution in [0.15, 0.2) is 47.4 Å². The number of carbonyl (C=O) groups is 1. The van der Waals surface area contributed by atoms with Crippen LogP contribution in [-0.2, 0) is 11.3 Å². The van der Waals surface area contributed by atoms with Gasteiger partial charge in [0.2, 0.25) is 5.91 Å². The molecule has 1 unspecified atom stereocenters. The number of rotatable bonds is 6. The van der Waals surface area contributed by atoms with E-state index in [4.69, 9.17) is 0 Å². The first kappa shape index (κ1) is 20.3. The number of imidazole rings is 1. The second-order valence-corrected chi connectivity index (χ2v) is 8.12. The number of piperidine rings is 1. The highest BCUT2D eigenvalue weighted by Gasteiger charge is 2.19. The van der Waals surface area contributed by atoms with Crippen molar-refractivity contribution in [1.29, 1.82) is 0 Å². The molecule has 1 aliphatic rings. The fourth-order valence-corrected chi connectivity index (χ4v) is 4.19. The molecule has 0 radical (unpaired) electrons. The topological polar surface area (TPSA) is 72.2 Å². The van der Waals surface area contributed by atoms with Gasteiger partial charge in [-0.25, -0.2) is 14.3 Å². The molecular weight excluding hydrogens is 378 g/mol. The van der Waals surface area contributed by atoms with Gasteiger partial charge in [-0.05, 0) is 57.5 Å². The lowest BCUT2D eigenvalue weighted by atomic mass is 10.0. The largest absolute Gasteiger partial charge is 0.353 e. The first-order valence-electron chi connectivity index (χ1n) is 10.7. The van der Waals surface area contributed by atoms with E-state index >= 15 is 0 Å². The van der Waals surface area contributed by atoms with E-state index in [0.717, 1.165) is 24.3 Å². The SMILES string of the molecule is Cc1ccc(-n2c(=O)n(CC(=O)NCCN3CCCCC3C)c3cccnc32)cc1. The first-order valence-corrected chi connectivity index (χ1v) is 10.7. The summed E-state index contributed by atoms with van der Waals surface area (Å²) in [5.41, 5.74) is 2.81. The lowest BCUT2D eigenvalue weighted by Gasteiger charge is -2.33. The van der Waals surface area contributed by atoms with Gasteiger partial charge in [0.15, 0.2) is 5.65 Å². The molecule has 30 heavy (non-hydrogen) atoms. The Morgan fingerprint density at radius 3 is 2.77 bits per heavy atom. The van der Waals surface area contributed by atoms with Gasteiger partial charge in [0.1, 0.15) is 6.54 Å². The Bertz CT molecular complexity index is 1080. The van der Waals surface area contributed by atoms with Gasteiger partial charge in [-0.2, -0.15) is 0 Å². The maximum atomic E-state index is 13.2. The van der Waals surface area contributed by atoms with Gasteiger partial charge < -0.3 is 5.32 Å². The third kappa shape index (κ3) is 4.16. The molecule has 1 aromatic carbocycles. The Morgan fingerprint density at radius 1 is 1.20 bits per heavy atom. The van der Waals surface area contributed by atoms with E-state index in [-0.39, 0.29) is 18.1 Å². The van der Waals surface area contributed by atoms with E-state index in [2.05, 4.69) is 22.1 Å². The fraction of sp³-hybridized carbons (Fsp3) is 0.435. The molecule has 0 aliphatic carbocycles. The van der Waals surface area contributed by atoms with E-state index in [0.29, 0.717) is 23.8 Å². The molecule has 3 heterocycles. The third-order valence-electron chi connectivity index (χ3n) is 5.95. The average Bonchev–Trinajstić information content (AvgIpc) is 3.02. The van der Waals surface area contributed by atoms with Crippen LogP contribution in [0.25, 0.3) is 16.9 Å². The van der Waals surface area contributed by atoms with Crippen LogP contribution in [-0.4, -0.2) is 50.6 Å². The van der Waals surface area contributed by atoms with E-state index in [1.165, 1.54) is 23.8 Å². The second kappa shape index (κ2) is 8.83. The van der Waals surface area contributed by atoms with Crippen LogP contribution < -0.4 is 11.0 Å². The molecule has 7 heteroatoms. The highest BCUT2D eigenvalue weighted by atomic mass is 16.2. The van der Waals surface area contributed by atoms with Crippen LogP contribution in [0.5, 0.6) is 0 Å². The number of carbonyl (C=O) groups excluding carboxylic acids is 1. The van der Waals surface area contributed by atoms with Crippen molar-refractivity contribution >= 4 is 17.1 Å². The Hall–Kier alpha value is -2.93. The number of pyridine rings is 1. The Labute approximate surface area is 176 Å². The van der Waals surface area contributed by atoms with Crippen molar-refractivity contribution in [3.8, 4) is 5.69 Å². The summed E-state index contributed by atoms with van der Waals surface area (Å²) >= 11 is 0. The smallest absolute Gasteiger partial charge is 0.335 e. The molecule has 7 nitrogen and oxygen atoms in total. The summed E-state index contributed by atoms with van der Waals surface area (Å²) in [6.07, 6.45) is 5.39. The summed E-state index contributed by atoms with van der Waals surface area (Å²) in [6.45, 7) is 6.75. The van der Waals surface area contributed by atoms with E-state index < -0.39 is 0 Å². The molecule has 2 aromatic heterocycles. The summed E-state index contributed by atoms with van der Waals surface area (Å²) in [5, 5.41) is 2.98. The van der Waals surface area contributed by atoms with Crippen molar-refractivity contribution in [2.45, 2.75) is 45.7 Å². The number of amides is 1. The van der Waals surface area contributed by atoms with Crippen molar-refractivity contribution < 1.29 is 4.79 Å². The quantitative estimate of drug-likeness (QED) is 0.681. The lowest BCUT2D eigenvalue weighted by Crippen LogP contribution is -2.43. The fourth-order valence-electron chi connectivity index (χ4n) is 4.19. The number of aryl methyl sites for hydroxylation is 1. The minimum absolute atomic E-state index is 0.0184. The number of benzene rings is 1. The third-order valence-corrected chi connectivity index (χ3v) is 5.95. The minimum atomic E-state index is -0.257. The van der Waals surface area contributed by atoms with Crippen molar-refractivity contribution in [1.82, 2.24) is 24.3 Å². The standard InChI is InChI=1S/C23H29N5O2/c1-17-8-10-19(11-9-17)28-22-20(7-5-12-25-22)27(23(28)30)16-21(29)24-13-15-26-14-4-3-6-18(26)2/h5,7-12,18H,3-4,6,13-16H2,1-2H3,(H,24,29). The number of likely N-dealkylation sites (tertiary alicyclic amines) is 1. The molecule has 3 aromatic rings. The molecule has 1 amide bonds. The van der Waals surface area contributed by atoms with E-state index in [1.54, 1.807) is 16.8 Å². The number of hydrogen-bond donors (Lipinski definition) is 1. The summed E-state index contributed by atoms with van der Waals surface area (Å²) in [7, 11) is 0. The van der Waals surface area contributed by atoms with Crippen LogP contribution in [0.1, 0.15) is 31.7 Å². The van der Waals surface area contributed by atoms with E-state index in [9.17, 15) is 9.59 Å². The van der Waals surface area contributed by atoms with Gasteiger partial charge in [-0.15, -0.1) is 0 Å². The number of nitrogens with one attached hydrogen (secondary N) is 1. The predicted octanol–water partition coefficient (Wildman–Crippen LogP) is 2.49. The zero-order valence-electron chi connectivity index (χ0n) is 17.7. The summed E-state index contributed by atoms with van der Waals surface area (Å²) in [4.78, 5) is 32.6. The van der Waals surface area contributed by atoms with Gasteiger partial charge >= 0.3 is 5.69 Å². The molecule has 1 fully saturated rings. The van der Waals surface area contributed by atoms with E-state index in [1.807, 2.05) is 37.3 Å². The first-order chi connectivity index (χ1) is 14.5. The predicted molar refractivity (Wildman–Crippen MR) is 118 cm³/mol. The summed E-state index contributed by atoms with van der Waals surface area (Å²) in [6, 6.07) is 11.9. The van der Waals surface area contributed by atoms with Gasteiger partial charge in [0.05, 0.1) is 11.2 Å². The highest BCUT2D eigenvalue weighted by Crippen LogP contribution is 2.17. The monoisotopic (exact) mass is 407 g/mol. The van der Waals surface area contributed by atoms with Crippen LogP contribution in [0.4, 0.5) is 0 Å². The zero-order chi connectivity index (χ0) is 21.1. The van der Waals surface area contributed by atoms with Crippen molar-refractivity contribution in [3.05, 3.63) is 58.6 Å². The lowest BCUT2D eigenvalue weighted by molar-refractivity contribution is -0.121. The summed E-state index contributed by atoms with van der Waals surface area (Å²) in [5.74, 6) is -0.159. The average molecular weight is 408 g/mol. The Balaban J connectivity index is 1.51. The zero-order valence-corrected chi connectivity index (χ0v) is 17.7. The van der Waals surface area contributed by atoms with Crippen molar-refractivity contribution in [3.63, 3.8) is 0 Å². The molecule has 1 saturated heterocycles. The normalized spacial score (nSPS) is 17.3. The summed E-state index contributed by atoms with van der Waals surface area (Å²) < 4.78 is 3.07. The molecule has 0 bridgehead atoms. The number of hydrogen-bond acceptors (Lipinski definition) is 4. The Morgan fingerprint density at radius 2 is 2.00 bits per heavy atom. The molecule has 1 aliphatic heterocycles. The van der Waals surface area contributed by atoms with Crippen molar-refractivity contribution in [2.24, 2.45) is 0 Å².